The molecule has 2 aromatic heterocycles. The summed E-state index contributed by atoms with van der Waals surface area (Å²) in [5.74, 6) is 0. The summed E-state index contributed by atoms with van der Waals surface area (Å²) in [6, 6.07) is 4.05. The standard InChI is InChI=1S/C8H5N3S/c1-2-7-6(4-12-11-7)8-5(1)3-9-10-8/h1-4H,(H,9,10). The van der Waals surface area contributed by atoms with Crippen LogP contribution in [-0.4, -0.2) is 14.6 Å². The van der Waals surface area contributed by atoms with E-state index in [2.05, 4.69) is 14.6 Å². The molecule has 12 heavy (non-hydrogen) atoms. The van der Waals surface area contributed by atoms with E-state index < -0.39 is 0 Å². The fourth-order valence-corrected chi connectivity index (χ4v) is 2.03. The highest BCUT2D eigenvalue weighted by atomic mass is 32.1. The molecule has 3 rings (SSSR count). The van der Waals surface area contributed by atoms with Gasteiger partial charge in [0.15, 0.2) is 0 Å². The van der Waals surface area contributed by atoms with Crippen LogP contribution in [0.5, 0.6) is 0 Å². The molecule has 2 heterocycles. The van der Waals surface area contributed by atoms with Crippen LogP contribution in [-0.2, 0) is 0 Å². The molecule has 0 bridgehead atoms. The second kappa shape index (κ2) is 2.04. The number of aromatic amines is 1. The smallest absolute Gasteiger partial charge is 0.0862 e. The van der Waals surface area contributed by atoms with E-state index in [1.807, 2.05) is 23.7 Å². The van der Waals surface area contributed by atoms with Crippen molar-refractivity contribution in [3.05, 3.63) is 23.7 Å². The normalized spacial score (nSPS) is 11.3. The fraction of sp³-hybridized carbons (Fsp3) is 0. The van der Waals surface area contributed by atoms with Gasteiger partial charge in [0, 0.05) is 16.2 Å². The van der Waals surface area contributed by atoms with Gasteiger partial charge in [0.25, 0.3) is 0 Å². The van der Waals surface area contributed by atoms with Crippen molar-refractivity contribution in [2.75, 3.05) is 0 Å². The van der Waals surface area contributed by atoms with Crippen LogP contribution in [0.2, 0.25) is 0 Å². The molecule has 0 amide bonds. The van der Waals surface area contributed by atoms with Gasteiger partial charge in [0.05, 0.1) is 17.2 Å². The molecule has 0 spiro atoms. The lowest BCUT2D eigenvalue weighted by molar-refractivity contribution is 1.12. The number of fused-ring (bicyclic) bond motifs is 3. The monoisotopic (exact) mass is 175 g/mol. The predicted octanol–water partition coefficient (Wildman–Crippen LogP) is 2.17. The Labute approximate surface area is 72.2 Å². The summed E-state index contributed by atoms with van der Waals surface area (Å²) in [4.78, 5) is 0. The number of hydrogen-bond donors (Lipinski definition) is 1. The molecule has 3 aromatic rings. The van der Waals surface area contributed by atoms with Crippen molar-refractivity contribution in [2.45, 2.75) is 0 Å². The quantitative estimate of drug-likeness (QED) is 0.569. The first-order valence-corrected chi connectivity index (χ1v) is 4.45. The Hall–Kier alpha value is -1.42. The van der Waals surface area contributed by atoms with Crippen LogP contribution in [0.1, 0.15) is 0 Å². The molecule has 0 saturated carbocycles. The lowest BCUT2D eigenvalue weighted by Crippen LogP contribution is -1.70. The highest BCUT2D eigenvalue weighted by Gasteiger charge is 2.02. The minimum Gasteiger partial charge on any atom is -0.277 e. The van der Waals surface area contributed by atoms with E-state index in [9.17, 15) is 0 Å². The molecule has 0 unspecified atom stereocenters. The summed E-state index contributed by atoms with van der Waals surface area (Å²) in [6.07, 6.45) is 1.83. The number of nitrogens with zero attached hydrogens (tertiary/aromatic N) is 2. The van der Waals surface area contributed by atoms with Crippen LogP contribution in [0, 0.1) is 0 Å². The summed E-state index contributed by atoms with van der Waals surface area (Å²) < 4.78 is 4.24. The van der Waals surface area contributed by atoms with E-state index in [4.69, 9.17) is 0 Å². The largest absolute Gasteiger partial charge is 0.277 e. The molecule has 0 aliphatic heterocycles. The number of aromatic nitrogens is 3. The Morgan fingerprint density at radius 3 is 3.33 bits per heavy atom. The first-order chi connectivity index (χ1) is 5.95. The lowest BCUT2D eigenvalue weighted by atomic mass is 10.2. The Morgan fingerprint density at radius 1 is 1.33 bits per heavy atom. The molecule has 0 fully saturated rings. The van der Waals surface area contributed by atoms with Gasteiger partial charge in [-0.25, -0.2) is 0 Å². The highest BCUT2D eigenvalue weighted by molar-refractivity contribution is 7.04. The summed E-state index contributed by atoms with van der Waals surface area (Å²) >= 11 is 1.47. The minimum atomic E-state index is 1.04. The summed E-state index contributed by atoms with van der Waals surface area (Å²) in [7, 11) is 0. The SMILES string of the molecule is c1cc2nscc2c2[nH]ncc12. The molecule has 0 atom stereocenters. The van der Waals surface area contributed by atoms with Gasteiger partial charge in [-0.15, -0.1) is 0 Å². The zero-order valence-corrected chi connectivity index (χ0v) is 6.93. The second-order valence-electron chi connectivity index (χ2n) is 2.65. The van der Waals surface area contributed by atoms with E-state index in [0.29, 0.717) is 0 Å². The van der Waals surface area contributed by atoms with Crippen molar-refractivity contribution in [2.24, 2.45) is 0 Å². The summed E-state index contributed by atoms with van der Waals surface area (Å²) in [6.45, 7) is 0. The summed E-state index contributed by atoms with van der Waals surface area (Å²) in [5, 5.41) is 11.3. The van der Waals surface area contributed by atoms with Gasteiger partial charge < -0.3 is 0 Å². The van der Waals surface area contributed by atoms with Crippen molar-refractivity contribution in [3.8, 4) is 0 Å². The van der Waals surface area contributed by atoms with Gasteiger partial charge in [-0.3, -0.25) is 5.10 Å². The van der Waals surface area contributed by atoms with Gasteiger partial charge in [-0.1, -0.05) is 0 Å². The minimum absolute atomic E-state index is 1.04. The molecule has 4 heteroatoms. The number of rotatable bonds is 0. The van der Waals surface area contributed by atoms with Crippen LogP contribution >= 0.6 is 11.5 Å². The lowest BCUT2D eigenvalue weighted by Gasteiger charge is -1.88. The van der Waals surface area contributed by atoms with E-state index in [1.54, 1.807) is 0 Å². The van der Waals surface area contributed by atoms with E-state index in [0.717, 1.165) is 21.8 Å². The van der Waals surface area contributed by atoms with Crippen molar-refractivity contribution >= 4 is 33.3 Å². The van der Waals surface area contributed by atoms with Crippen molar-refractivity contribution in [1.29, 1.82) is 0 Å². The maximum Gasteiger partial charge on any atom is 0.0862 e. The van der Waals surface area contributed by atoms with Gasteiger partial charge in [0.1, 0.15) is 0 Å². The average Bonchev–Trinajstić information content (AvgIpc) is 2.71. The van der Waals surface area contributed by atoms with Gasteiger partial charge >= 0.3 is 0 Å². The molecule has 1 N–H and O–H groups in total. The zero-order valence-electron chi connectivity index (χ0n) is 6.11. The second-order valence-corrected chi connectivity index (χ2v) is 3.28. The maximum absolute atomic E-state index is 4.24. The fourth-order valence-electron chi connectivity index (χ4n) is 1.36. The molecule has 1 aromatic carbocycles. The third kappa shape index (κ3) is 0.648. The van der Waals surface area contributed by atoms with Crippen molar-refractivity contribution < 1.29 is 0 Å². The topological polar surface area (TPSA) is 41.6 Å². The van der Waals surface area contributed by atoms with Crippen molar-refractivity contribution in [1.82, 2.24) is 14.6 Å². The van der Waals surface area contributed by atoms with Crippen LogP contribution < -0.4 is 0 Å². The molecular weight excluding hydrogens is 170 g/mol. The van der Waals surface area contributed by atoms with E-state index >= 15 is 0 Å². The van der Waals surface area contributed by atoms with Crippen molar-refractivity contribution in [3.63, 3.8) is 0 Å². The van der Waals surface area contributed by atoms with E-state index in [-0.39, 0.29) is 0 Å². The number of hydrogen-bond acceptors (Lipinski definition) is 3. The zero-order chi connectivity index (χ0) is 7.97. The first-order valence-electron chi connectivity index (χ1n) is 3.61. The average molecular weight is 175 g/mol. The van der Waals surface area contributed by atoms with E-state index in [1.165, 1.54) is 11.5 Å². The number of H-pyrrole nitrogens is 1. The molecule has 0 aliphatic rings. The molecule has 0 aliphatic carbocycles. The Kier molecular flexibility index (Phi) is 1.04. The van der Waals surface area contributed by atoms with Gasteiger partial charge in [0.2, 0.25) is 0 Å². The molecule has 3 nitrogen and oxygen atoms in total. The van der Waals surface area contributed by atoms with Gasteiger partial charge in [-0.2, -0.15) is 9.47 Å². The van der Waals surface area contributed by atoms with Crippen LogP contribution in [0.15, 0.2) is 23.7 Å². The van der Waals surface area contributed by atoms with Crippen LogP contribution in [0.3, 0.4) is 0 Å². The van der Waals surface area contributed by atoms with Crippen LogP contribution in [0.4, 0.5) is 0 Å². The Morgan fingerprint density at radius 2 is 2.33 bits per heavy atom. The highest BCUT2D eigenvalue weighted by Crippen LogP contribution is 2.23. The Bertz CT molecular complexity index is 487. The predicted molar refractivity (Wildman–Crippen MR) is 49.3 cm³/mol. The summed E-state index contributed by atoms with van der Waals surface area (Å²) in [5.41, 5.74) is 2.12. The van der Waals surface area contributed by atoms with Crippen LogP contribution in [0.25, 0.3) is 21.8 Å². The molecule has 0 saturated heterocycles. The first kappa shape index (κ1) is 6.14. The third-order valence-electron chi connectivity index (χ3n) is 1.96. The number of benzene rings is 1. The molecule has 0 radical (unpaired) electrons. The number of nitrogens with one attached hydrogen (secondary N) is 1. The third-order valence-corrected chi connectivity index (χ3v) is 2.60. The van der Waals surface area contributed by atoms with Gasteiger partial charge in [-0.05, 0) is 23.7 Å². The Balaban J connectivity index is 2.71. The molecular formula is C8H5N3S. The molecule has 58 valence electrons. The maximum atomic E-state index is 4.24.